The second-order valence-corrected chi connectivity index (χ2v) is 14.5. The molecule has 0 saturated carbocycles. The number of anilines is 2. The van der Waals surface area contributed by atoms with E-state index in [9.17, 15) is 0 Å². The Kier molecular flexibility index (Phi) is 7.28. The van der Waals surface area contributed by atoms with Crippen molar-refractivity contribution in [3.8, 4) is 33.4 Å². The van der Waals surface area contributed by atoms with Crippen LogP contribution in [0.1, 0.15) is 11.7 Å². The number of para-hydroxylation sites is 3. The standard InChI is InChI=1S/C53H35N2/c1-2-16-44(17-3-1)55-50-21-11-10-20-49(50)54-53(55)38-26-22-37(23-27-38)41-30-31-47-48(34-41)52(43-29-25-36-13-5-7-15-40(36)33-43)46-19-9-8-18-45(46)51(47)42-28-24-35-12-4-6-14-39(35)32-42/h1-34,53H/q-1. The highest BCUT2D eigenvalue weighted by atomic mass is 15.3. The third kappa shape index (κ3) is 5.26. The zero-order valence-corrected chi connectivity index (χ0v) is 30.1. The van der Waals surface area contributed by atoms with E-state index in [1.807, 2.05) is 0 Å². The molecular weight excluding hydrogens is 665 g/mol. The van der Waals surface area contributed by atoms with Crippen molar-refractivity contribution < 1.29 is 0 Å². The maximum atomic E-state index is 5.20. The van der Waals surface area contributed by atoms with E-state index in [0.29, 0.717) is 0 Å². The minimum atomic E-state index is -0.138. The third-order valence-corrected chi connectivity index (χ3v) is 11.3. The summed E-state index contributed by atoms with van der Waals surface area (Å²) in [7, 11) is 0. The molecule has 10 aromatic rings. The molecule has 0 radical (unpaired) electrons. The van der Waals surface area contributed by atoms with Crippen LogP contribution in [0.5, 0.6) is 0 Å². The first-order valence-electron chi connectivity index (χ1n) is 19.0. The minimum Gasteiger partial charge on any atom is -0.659 e. The van der Waals surface area contributed by atoms with Gasteiger partial charge >= 0.3 is 0 Å². The Morgan fingerprint density at radius 3 is 1.53 bits per heavy atom. The Labute approximate surface area is 320 Å². The average Bonchev–Trinajstić information content (AvgIpc) is 3.65. The number of hydrogen-bond donors (Lipinski definition) is 0. The van der Waals surface area contributed by atoms with Gasteiger partial charge in [-0.25, -0.2) is 0 Å². The molecule has 2 heteroatoms. The molecule has 1 heterocycles. The van der Waals surface area contributed by atoms with Gasteiger partial charge in [-0.2, -0.15) is 0 Å². The van der Waals surface area contributed by atoms with Crippen LogP contribution in [-0.4, -0.2) is 0 Å². The van der Waals surface area contributed by atoms with E-state index in [1.165, 1.54) is 76.5 Å². The Morgan fingerprint density at radius 1 is 0.345 bits per heavy atom. The first-order valence-corrected chi connectivity index (χ1v) is 19.0. The molecule has 1 atom stereocenters. The molecule has 0 aliphatic carbocycles. The number of fused-ring (bicyclic) bond motifs is 5. The average molecular weight is 700 g/mol. The Bertz CT molecular complexity index is 3070. The van der Waals surface area contributed by atoms with E-state index in [0.717, 1.165) is 22.6 Å². The van der Waals surface area contributed by atoms with Crippen LogP contribution in [0.2, 0.25) is 0 Å². The van der Waals surface area contributed by atoms with Gasteiger partial charge in [-0.3, -0.25) is 0 Å². The number of hydrogen-bond acceptors (Lipinski definition) is 1. The van der Waals surface area contributed by atoms with Crippen LogP contribution in [0.25, 0.3) is 81.8 Å². The molecule has 1 unspecified atom stereocenters. The summed E-state index contributed by atoms with van der Waals surface area (Å²) in [5, 5.41) is 15.2. The summed E-state index contributed by atoms with van der Waals surface area (Å²) in [6.45, 7) is 0. The van der Waals surface area contributed by atoms with Crippen molar-refractivity contribution in [1.82, 2.24) is 0 Å². The number of nitrogens with zero attached hydrogens (tertiary/aromatic N) is 2. The lowest BCUT2D eigenvalue weighted by atomic mass is 9.84. The van der Waals surface area contributed by atoms with Gasteiger partial charge in [-0.05, 0) is 125 Å². The van der Waals surface area contributed by atoms with Gasteiger partial charge in [0.2, 0.25) is 0 Å². The van der Waals surface area contributed by atoms with Crippen LogP contribution in [0.4, 0.5) is 17.1 Å². The van der Waals surface area contributed by atoms with E-state index < -0.39 is 0 Å². The first kappa shape index (κ1) is 31.4. The summed E-state index contributed by atoms with van der Waals surface area (Å²) < 4.78 is 0. The largest absolute Gasteiger partial charge is 0.659 e. The fourth-order valence-corrected chi connectivity index (χ4v) is 8.71. The van der Waals surface area contributed by atoms with Crippen LogP contribution < -0.4 is 4.90 Å². The summed E-state index contributed by atoms with van der Waals surface area (Å²) >= 11 is 0. The molecule has 0 fully saturated rings. The molecule has 0 spiro atoms. The van der Waals surface area contributed by atoms with Gasteiger partial charge in [0.05, 0.1) is 0 Å². The number of benzene rings is 10. The predicted octanol–water partition coefficient (Wildman–Crippen LogP) is 15.2. The molecule has 0 bridgehead atoms. The summed E-state index contributed by atoms with van der Waals surface area (Å²) in [6, 6.07) is 75.1. The van der Waals surface area contributed by atoms with E-state index in [1.54, 1.807) is 0 Å². The second-order valence-electron chi connectivity index (χ2n) is 14.5. The zero-order valence-electron chi connectivity index (χ0n) is 30.1. The molecule has 10 aromatic carbocycles. The molecular formula is C53H35N2-. The maximum Gasteiger partial charge on any atom is 0.0401 e. The van der Waals surface area contributed by atoms with Gasteiger partial charge in [0.25, 0.3) is 0 Å². The topological polar surface area (TPSA) is 17.3 Å². The molecule has 1 aliphatic heterocycles. The van der Waals surface area contributed by atoms with Crippen LogP contribution >= 0.6 is 0 Å². The molecule has 2 nitrogen and oxygen atoms in total. The van der Waals surface area contributed by atoms with Gasteiger partial charge in [0, 0.05) is 11.4 Å². The summed E-state index contributed by atoms with van der Waals surface area (Å²) in [5.41, 5.74) is 11.8. The number of rotatable bonds is 5. The predicted molar refractivity (Wildman–Crippen MR) is 234 cm³/mol. The SMILES string of the molecule is c1ccc(N2c3ccccc3[N-]C2c2ccc(-c3ccc4c(-c5ccc6ccccc6c5)c5ccccc5c(-c5ccc6ccccc6c5)c4c3)cc2)cc1. The van der Waals surface area contributed by atoms with E-state index in [-0.39, 0.29) is 6.17 Å². The van der Waals surface area contributed by atoms with Crippen molar-refractivity contribution in [2.45, 2.75) is 6.17 Å². The smallest absolute Gasteiger partial charge is 0.0401 e. The van der Waals surface area contributed by atoms with Gasteiger partial charge in [0.1, 0.15) is 0 Å². The normalized spacial score (nSPS) is 13.7. The summed E-state index contributed by atoms with van der Waals surface area (Å²) in [6.07, 6.45) is -0.138. The van der Waals surface area contributed by atoms with Gasteiger partial charge < -0.3 is 10.2 Å². The molecule has 0 saturated heterocycles. The maximum absolute atomic E-state index is 5.20. The van der Waals surface area contributed by atoms with Crippen LogP contribution in [-0.2, 0) is 0 Å². The van der Waals surface area contributed by atoms with E-state index in [2.05, 4.69) is 211 Å². The lowest BCUT2D eigenvalue weighted by Gasteiger charge is -2.35. The Balaban J connectivity index is 1.09. The highest BCUT2D eigenvalue weighted by Gasteiger charge is 2.23. The van der Waals surface area contributed by atoms with Gasteiger partial charge in [0.15, 0.2) is 0 Å². The monoisotopic (exact) mass is 699 g/mol. The highest BCUT2D eigenvalue weighted by molar-refractivity contribution is 6.22. The molecule has 1 aliphatic rings. The summed E-state index contributed by atoms with van der Waals surface area (Å²) in [5.74, 6) is 0. The van der Waals surface area contributed by atoms with E-state index >= 15 is 0 Å². The summed E-state index contributed by atoms with van der Waals surface area (Å²) in [4.78, 5) is 2.34. The second kappa shape index (κ2) is 12.8. The van der Waals surface area contributed by atoms with Crippen molar-refractivity contribution in [2.24, 2.45) is 0 Å². The van der Waals surface area contributed by atoms with Crippen LogP contribution in [0, 0.1) is 0 Å². The third-order valence-electron chi connectivity index (χ3n) is 11.3. The zero-order chi connectivity index (χ0) is 36.3. The quantitative estimate of drug-likeness (QED) is 0.164. The van der Waals surface area contributed by atoms with Crippen LogP contribution in [0.15, 0.2) is 206 Å². The highest BCUT2D eigenvalue weighted by Crippen LogP contribution is 2.53. The molecule has 55 heavy (non-hydrogen) atoms. The fourth-order valence-electron chi connectivity index (χ4n) is 8.71. The molecule has 0 amide bonds. The van der Waals surface area contributed by atoms with E-state index in [4.69, 9.17) is 5.32 Å². The minimum absolute atomic E-state index is 0.138. The first-order chi connectivity index (χ1) is 27.3. The Hall–Kier alpha value is -7.16. The van der Waals surface area contributed by atoms with Crippen molar-refractivity contribution in [1.29, 1.82) is 0 Å². The fraction of sp³-hybridized carbons (Fsp3) is 0.0189. The molecule has 258 valence electrons. The van der Waals surface area contributed by atoms with Gasteiger partial charge in [-0.15, -0.1) is 5.69 Å². The molecule has 0 aromatic heterocycles. The van der Waals surface area contributed by atoms with Crippen molar-refractivity contribution in [3.05, 3.63) is 217 Å². The lowest BCUT2D eigenvalue weighted by molar-refractivity contribution is 0.862. The Morgan fingerprint density at radius 2 is 0.855 bits per heavy atom. The van der Waals surface area contributed by atoms with Crippen molar-refractivity contribution >= 4 is 60.2 Å². The van der Waals surface area contributed by atoms with Gasteiger partial charge in [-0.1, -0.05) is 170 Å². The molecule has 0 N–H and O–H groups in total. The van der Waals surface area contributed by atoms with Crippen molar-refractivity contribution in [2.75, 3.05) is 4.90 Å². The van der Waals surface area contributed by atoms with Crippen LogP contribution in [0.3, 0.4) is 0 Å². The lowest BCUT2D eigenvalue weighted by Crippen LogP contribution is -2.18. The van der Waals surface area contributed by atoms with Crippen molar-refractivity contribution in [3.63, 3.8) is 0 Å². The molecule has 11 rings (SSSR count).